The van der Waals surface area contributed by atoms with Gasteiger partial charge in [-0.1, -0.05) is 133 Å². The van der Waals surface area contributed by atoms with Crippen LogP contribution in [0.15, 0.2) is 91.0 Å². The second-order valence-electron chi connectivity index (χ2n) is 11.4. The minimum Gasteiger partial charge on any atom is -0.298 e. The number of Topliss-reactive ketones (excluding diaryl/α,β-unsaturated/α-hetero) is 2. The zero-order valence-corrected chi connectivity index (χ0v) is 22.4. The highest BCUT2D eigenvalue weighted by Gasteiger charge is 2.43. The van der Waals surface area contributed by atoms with E-state index in [9.17, 15) is 9.59 Å². The Morgan fingerprint density at radius 3 is 1.19 bits per heavy atom. The Kier molecular flexibility index (Phi) is 7.22. The molecular weight excluding hydrogens is 456 g/mol. The van der Waals surface area contributed by atoms with Crippen LogP contribution in [0, 0.1) is 10.8 Å². The zero-order chi connectivity index (χ0) is 26.8. The largest absolute Gasteiger partial charge is 0.298 e. The van der Waals surface area contributed by atoms with E-state index in [2.05, 4.69) is 0 Å². The van der Waals surface area contributed by atoms with Crippen LogP contribution in [0.2, 0.25) is 0 Å². The minimum atomic E-state index is -1.05. The topological polar surface area (TPSA) is 59.9 Å². The molecule has 0 unspecified atom stereocenters. The summed E-state index contributed by atoms with van der Waals surface area (Å²) in [6, 6.07) is 29.4. The van der Waals surface area contributed by atoms with E-state index in [0.29, 0.717) is 22.8 Å². The average molecular weight is 491 g/mol. The predicted molar refractivity (Wildman–Crippen MR) is 150 cm³/mol. The number of hydrogen-bond acceptors (Lipinski definition) is 4. The lowest BCUT2D eigenvalue weighted by molar-refractivity contribution is -0.137. The number of carbonyl (C=O) groups excluding carboxylic acids is 2. The van der Waals surface area contributed by atoms with E-state index >= 15 is 0 Å². The Morgan fingerprint density at radius 1 is 0.514 bits per heavy atom. The van der Waals surface area contributed by atoms with Crippen LogP contribution in [0.3, 0.4) is 0 Å². The summed E-state index contributed by atoms with van der Waals surface area (Å²) in [5.41, 5.74) is 3.44. The van der Waals surface area contributed by atoms with Crippen LogP contribution in [0.4, 0.5) is 0 Å². The van der Waals surface area contributed by atoms with Gasteiger partial charge in [-0.3, -0.25) is 9.59 Å². The Morgan fingerprint density at radius 2 is 0.838 bits per heavy atom. The van der Waals surface area contributed by atoms with Crippen LogP contribution in [0.25, 0.3) is 33.8 Å². The highest BCUT2D eigenvalue weighted by molar-refractivity contribution is 6.12. The van der Waals surface area contributed by atoms with Crippen molar-refractivity contribution in [1.82, 2.24) is 9.97 Å². The number of hydrogen-bond donors (Lipinski definition) is 0. The van der Waals surface area contributed by atoms with Crippen molar-refractivity contribution in [1.29, 1.82) is 0 Å². The van der Waals surface area contributed by atoms with Crippen molar-refractivity contribution in [3.63, 3.8) is 0 Å². The molecule has 4 aromatic rings. The van der Waals surface area contributed by atoms with Crippen molar-refractivity contribution in [2.45, 2.75) is 47.5 Å². The molecule has 4 rings (SSSR count). The quantitative estimate of drug-likeness (QED) is 0.259. The molecule has 0 saturated carbocycles. The number of nitrogens with zero attached hydrogens (tertiary/aromatic N) is 2. The maximum absolute atomic E-state index is 14.0. The van der Waals surface area contributed by atoms with Gasteiger partial charge in [0, 0.05) is 27.5 Å². The number of carbonyl (C=O) groups is 2. The molecule has 0 atom stereocenters. The van der Waals surface area contributed by atoms with Gasteiger partial charge in [0.25, 0.3) is 0 Å². The van der Waals surface area contributed by atoms with Crippen molar-refractivity contribution in [2.24, 2.45) is 10.8 Å². The van der Waals surface area contributed by atoms with Crippen molar-refractivity contribution >= 4 is 11.6 Å². The summed E-state index contributed by atoms with van der Waals surface area (Å²) in [6.45, 7) is 11.1. The summed E-state index contributed by atoms with van der Waals surface area (Å²) in [5.74, 6) is -1.37. The van der Waals surface area contributed by atoms with Gasteiger partial charge < -0.3 is 0 Å². The first-order valence-electron chi connectivity index (χ1n) is 12.7. The molecule has 0 spiro atoms. The predicted octanol–water partition coefficient (Wildman–Crippen LogP) is 7.79. The summed E-state index contributed by atoms with van der Waals surface area (Å²) in [4.78, 5) is 38.2. The molecule has 0 N–H and O–H groups in total. The highest BCUT2D eigenvalue weighted by Crippen LogP contribution is 2.40. The number of benzene rings is 3. The third-order valence-corrected chi connectivity index (χ3v) is 6.34. The molecule has 0 aliphatic heterocycles. The van der Waals surface area contributed by atoms with E-state index < -0.39 is 16.7 Å². The number of rotatable bonds is 6. The van der Waals surface area contributed by atoms with E-state index in [1.54, 1.807) is 0 Å². The number of aromatic nitrogens is 2. The third kappa shape index (κ3) is 5.59. The van der Waals surface area contributed by atoms with Crippen LogP contribution >= 0.6 is 0 Å². The van der Waals surface area contributed by atoms with Crippen LogP contribution in [0.5, 0.6) is 0 Å². The van der Waals surface area contributed by atoms with Gasteiger partial charge in [-0.2, -0.15) is 0 Å². The summed E-state index contributed by atoms with van der Waals surface area (Å²) < 4.78 is 0. The molecule has 1 heterocycles. The standard InChI is InChI=1S/C33H34N2O2/c1-32(2,3)30(36)25(31(37)33(4,5)6)29-28(24-20-14-9-15-21-24)34-26(22-16-10-7-11-17-22)27(35-29)23-18-12-8-13-19-23/h7-21,25H,1-6H3. The zero-order valence-electron chi connectivity index (χ0n) is 22.4. The van der Waals surface area contributed by atoms with Gasteiger partial charge in [0.05, 0.1) is 22.8 Å². The second-order valence-corrected chi connectivity index (χ2v) is 11.4. The maximum Gasteiger partial charge on any atom is 0.154 e. The first kappa shape index (κ1) is 26.2. The van der Waals surface area contributed by atoms with Gasteiger partial charge >= 0.3 is 0 Å². The van der Waals surface area contributed by atoms with E-state index in [1.165, 1.54) is 0 Å². The Hall–Kier alpha value is -3.92. The monoisotopic (exact) mass is 490 g/mol. The van der Waals surface area contributed by atoms with Crippen LogP contribution < -0.4 is 0 Å². The number of ketones is 2. The van der Waals surface area contributed by atoms with Crippen LogP contribution in [0.1, 0.15) is 53.2 Å². The summed E-state index contributed by atoms with van der Waals surface area (Å²) in [7, 11) is 0. The Bertz CT molecular complexity index is 1370. The lowest BCUT2D eigenvalue weighted by Crippen LogP contribution is -2.38. The lowest BCUT2D eigenvalue weighted by atomic mass is 9.72. The molecule has 3 aromatic carbocycles. The summed E-state index contributed by atoms with van der Waals surface area (Å²) in [6.07, 6.45) is 0. The van der Waals surface area contributed by atoms with Gasteiger partial charge in [0.15, 0.2) is 11.6 Å². The Balaban J connectivity index is 2.13. The molecule has 4 nitrogen and oxygen atoms in total. The lowest BCUT2D eigenvalue weighted by Gasteiger charge is -2.30. The average Bonchev–Trinajstić information content (AvgIpc) is 2.89. The SMILES string of the molecule is CC(C)(C)C(=O)C(C(=O)C(C)(C)C)c1nc(-c2ccccc2)c(-c2ccccc2)nc1-c1ccccc1. The van der Waals surface area contributed by atoms with Gasteiger partial charge in [-0.25, -0.2) is 9.97 Å². The molecule has 37 heavy (non-hydrogen) atoms. The first-order chi connectivity index (χ1) is 17.5. The molecule has 188 valence electrons. The fourth-order valence-electron chi connectivity index (χ4n) is 4.29. The smallest absolute Gasteiger partial charge is 0.154 e. The summed E-state index contributed by atoms with van der Waals surface area (Å²) >= 11 is 0. The molecule has 0 radical (unpaired) electrons. The van der Waals surface area contributed by atoms with Crippen molar-refractivity contribution in [2.75, 3.05) is 0 Å². The highest BCUT2D eigenvalue weighted by atomic mass is 16.2. The molecule has 0 fully saturated rings. The van der Waals surface area contributed by atoms with Crippen molar-refractivity contribution in [3.8, 4) is 33.8 Å². The summed E-state index contributed by atoms with van der Waals surface area (Å²) in [5, 5.41) is 0. The van der Waals surface area contributed by atoms with Gasteiger partial charge in [0.1, 0.15) is 5.92 Å². The molecule has 0 amide bonds. The third-order valence-electron chi connectivity index (χ3n) is 6.34. The normalized spacial score (nSPS) is 12.0. The van der Waals surface area contributed by atoms with Gasteiger partial charge in [-0.15, -0.1) is 0 Å². The van der Waals surface area contributed by atoms with E-state index in [0.717, 1.165) is 16.7 Å². The molecule has 1 aromatic heterocycles. The molecular formula is C33H34N2O2. The molecule has 0 aliphatic rings. The fourth-order valence-corrected chi connectivity index (χ4v) is 4.29. The van der Waals surface area contributed by atoms with E-state index in [1.807, 2.05) is 133 Å². The molecule has 0 saturated heterocycles. The molecule has 0 aliphatic carbocycles. The molecule has 4 heteroatoms. The van der Waals surface area contributed by atoms with Gasteiger partial charge in [-0.05, 0) is 0 Å². The first-order valence-corrected chi connectivity index (χ1v) is 12.7. The maximum atomic E-state index is 14.0. The van der Waals surface area contributed by atoms with Crippen molar-refractivity contribution in [3.05, 3.63) is 96.7 Å². The van der Waals surface area contributed by atoms with E-state index in [4.69, 9.17) is 9.97 Å². The fraction of sp³-hybridized carbons (Fsp3) is 0.273. The second kappa shape index (κ2) is 10.2. The minimum absolute atomic E-state index is 0.162. The van der Waals surface area contributed by atoms with Crippen molar-refractivity contribution < 1.29 is 9.59 Å². The van der Waals surface area contributed by atoms with E-state index in [-0.39, 0.29) is 11.6 Å². The Labute approximate surface area is 219 Å². The van der Waals surface area contributed by atoms with Gasteiger partial charge in [0.2, 0.25) is 0 Å². The van der Waals surface area contributed by atoms with Crippen LogP contribution in [-0.4, -0.2) is 21.5 Å². The van der Waals surface area contributed by atoms with Crippen LogP contribution in [-0.2, 0) is 9.59 Å². The molecule has 0 bridgehead atoms.